The Balaban J connectivity index is 1.76. The number of pyridine rings is 1. The summed E-state index contributed by atoms with van der Waals surface area (Å²) in [6.45, 7) is 0. The Kier molecular flexibility index (Phi) is 6.25. The molecule has 1 aromatic heterocycles. The van der Waals surface area contributed by atoms with Crippen molar-refractivity contribution in [3.63, 3.8) is 0 Å². The average Bonchev–Trinajstić information content (AvgIpc) is 2.63. The van der Waals surface area contributed by atoms with E-state index in [1.165, 1.54) is 32.1 Å². The second kappa shape index (κ2) is 8.62. The van der Waals surface area contributed by atoms with Crippen LogP contribution in [0.15, 0.2) is 23.1 Å². The Morgan fingerprint density at radius 3 is 2.62 bits per heavy atom. The van der Waals surface area contributed by atoms with Gasteiger partial charge in [0.1, 0.15) is 5.75 Å². The van der Waals surface area contributed by atoms with Gasteiger partial charge in [-0.25, -0.2) is 4.98 Å². The second-order valence-electron chi connectivity index (χ2n) is 6.92. The van der Waals surface area contributed by atoms with Crippen molar-refractivity contribution in [1.82, 2.24) is 4.98 Å². The molecular formula is C20H25NO4S. The molecule has 1 saturated carbocycles. The molecule has 0 bridgehead atoms. The van der Waals surface area contributed by atoms with Gasteiger partial charge in [0.15, 0.2) is 0 Å². The number of carbonyl (C=O) groups is 1. The fourth-order valence-electron chi connectivity index (χ4n) is 3.50. The van der Waals surface area contributed by atoms with E-state index in [-0.39, 0.29) is 18.1 Å². The number of aliphatic carboxylic acids is 1. The summed E-state index contributed by atoms with van der Waals surface area (Å²) in [5, 5.41) is 31.3. The van der Waals surface area contributed by atoms with Gasteiger partial charge >= 0.3 is 5.97 Å². The molecule has 0 spiro atoms. The molecule has 1 fully saturated rings. The summed E-state index contributed by atoms with van der Waals surface area (Å²) >= 11 is 1.84. The number of carboxylic acids is 1. The zero-order chi connectivity index (χ0) is 18.5. The van der Waals surface area contributed by atoms with Crippen LogP contribution in [0.3, 0.4) is 0 Å². The van der Waals surface area contributed by atoms with Gasteiger partial charge in [-0.15, -0.1) is 11.8 Å². The molecule has 6 heteroatoms. The fraction of sp³-hybridized carbons (Fsp3) is 0.500. The predicted octanol–water partition coefficient (Wildman–Crippen LogP) is 4.87. The van der Waals surface area contributed by atoms with Gasteiger partial charge in [-0.3, -0.25) is 4.79 Å². The van der Waals surface area contributed by atoms with E-state index in [4.69, 9.17) is 5.11 Å². The first kappa shape index (κ1) is 18.8. The molecule has 0 atom stereocenters. The van der Waals surface area contributed by atoms with Crippen molar-refractivity contribution in [1.29, 1.82) is 0 Å². The Hall–Kier alpha value is -1.95. The minimum atomic E-state index is -0.827. The van der Waals surface area contributed by atoms with Gasteiger partial charge in [0.05, 0.1) is 5.69 Å². The van der Waals surface area contributed by atoms with Crippen LogP contribution in [0.4, 0.5) is 0 Å². The van der Waals surface area contributed by atoms with Crippen molar-refractivity contribution in [2.45, 2.75) is 67.9 Å². The van der Waals surface area contributed by atoms with E-state index in [1.807, 2.05) is 30.0 Å². The highest BCUT2D eigenvalue weighted by Crippen LogP contribution is 2.39. The summed E-state index contributed by atoms with van der Waals surface area (Å²) in [7, 11) is 0. The summed E-state index contributed by atoms with van der Waals surface area (Å²) in [5.74, 6) is -0.814. The van der Waals surface area contributed by atoms with E-state index in [0.717, 1.165) is 4.90 Å². The molecule has 1 heterocycles. The molecule has 3 rings (SSSR count). The van der Waals surface area contributed by atoms with Gasteiger partial charge < -0.3 is 15.3 Å². The maximum atomic E-state index is 10.6. The van der Waals surface area contributed by atoms with Gasteiger partial charge in [0.25, 0.3) is 0 Å². The topological polar surface area (TPSA) is 90.7 Å². The summed E-state index contributed by atoms with van der Waals surface area (Å²) in [4.78, 5) is 15.8. The molecule has 1 aliphatic carbocycles. The molecule has 0 aliphatic heterocycles. The number of unbranched alkanes of at least 4 members (excludes halogenated alkanes) is 1. The highest BCUT2D eigenvalue weighted by molar-refractivity contribution is 8.00. The quantitative estimate of drug-likeness (QED) is 0.598. The number of aromatic hydroxyl groups is 2. The zero-order valence-corrected chi connectivity index (χ0v) is 15.6. The van der Waals surface area contributed by atoms with Crippen LogP contribution >= 0.6 is 11.8 Å². The number of rotatable bonds is 7. The maximum Gasteiger partial charge on any atom is 0.303 e. The number of thioether (sulfide) groups is 1. The molecule has 26 heavy (non-hydrogen) atoms. The van der Waals surface area contributed by atoms with E-state index < -0.39 is 5.97 Å². The van der Waals surface area contributed by atoms with Crippen molar-refractivity contribution < 1.29 is 20.1 Å². The van der Waals surface area contributed by atoms with Crippen molar-refractivity contribution in [2.24, 2.45) is 0 Å². The van der Waals surface area contributed by atoms with Crippen LogP contribution in [-0.2, 0) is 11.2 Å². The Bertz CT molecular complexity index is 787. The van der Waals surface area contributed by atoms with E-state index >= 15 is 0 Å². The van der Waals surface area contributed by atoms with E-state index in [1.54, 1.807) is 0 Å². The lowest BCUT2D eigenvalue weighted by Gasteiger charge is -2.21. The minimum absolute atomic E-state index is 0.0721. The third-order valence-electron chi connectivity index (χ3n) is 4.91. The number of aromatic nitrogens is 1. The molecule has 0 unspecified atom stereocenters. The second-order valence-corrected chi connectivity index (χ2v) is 8.29. The Morgan fingerprint density at radius 2 is 1.88 bits per heavy atom. The maximum absolute atomic E-state index is 10.6. The Labute approximate surface area is 157 Å². The Morgan fingerprint density at radius 1 is 1.12 bits per heavy atom. The van der Waals surface area contributed by atoms with Crippen LogP contribution in [0.25, 0.3) is 10.8 Å². The van der Waals surface area contributed by atoms with Crippen LogP contribution in [0, 0.1) is 0 Å². The smallest absolute Gasteiger partial charge is 0.303 e. The van der Waals surface area contributed by atoms with Gasteiger partial charge in [-0.2, -0.15) is 0 Å². The number of benzene rings is 1. The van der Waals surface area contributed by atoms with Gasteiger partial charge in [-0.1, -0.05) is 19.3 Å². The number of nitrogens with zero attached hydrogens (tertiary/aromatic N) is 1. The monoisotopic (exact) mass is 375 g/mol. The first-order valence-electron chi connectivity index (χ1n) is 9.27. The number of hydrogen-bond acceptors (Lipinski definition) is 5. The lowest BCUT2D eigenvalue weighted by Crippen LogP contribution is -2.07. The zero-order valence-electron chi connectivity index (χ0n) is 14.8. The normalized spacial score (nSPS) is 15.4. The standard InChI is InChI=1S/C20H25NO4S/c22-18(23)9-5-4-8-17-19(24)15-11-10-14(12-16(15)20(25)21-17)26-13-6-2-1-3-7-13/h10-13,24H,1-9H2,(H,21,25)(H,22,23). The molecule has 0 amide bonds. The van der Waals surface area contributed by atoms with Crippen LogP contribution < -0.4 is 0 Å². The summed E-state index contributed by atoms with van der Waals surface area (Å²) in [6, 6.07) is 5.75. The highest BCUT2D eigenvalue weighted by Gasteiger charge is 2.17. The van der Waals surface area contributed by atoms with Crippen LogP contribution in [0.2, 0.25) is 0 Å². The number of aryl methyl sites for hydroxylation is 1. The summed E-state index contributed by atoms with van der Waals surface area (Å²) in [5.41, 5.74) is 0.424. The SMILES string of the molecule is O=C(O)CCCCc1nc(O)c2cc(SC3CCCCC3)ccc2c1O. The fourth-order valence-corrected chi connectivity index (χ4v) is 4.79. The molecule has 0 radical (unpaired) electrons. The molecule has 2 aromatic rings. The molecule has 1 aliphatic rings. The molecule has 1 aromatic carbocycles. The van der Waals surface area contributed by atoms with E-state index in [2.05, 4.69) is 4.98 Å². The van der Waals surface area contributed by atoms with Crippen LogP contribution in [-0.4, -0.2) is 31.5 Å². The van der Waals surface area contributed by atoms with Crippen LogP contribution in [0.1, 0.15) is 57.1 Å². The number of hydrogen-bond donors (Lipinski definition) is 3. The van der Waals surface area contributed by atoms with Gasteiger partial charge in [0.2, 0.25) is 5.88 Å². The van der Waals surface area contributed by atoms with Crippen molar-refractivity contribution in [3.05, 3.63) is 23.9 Å². The van der Waals surface area contributed by atoms with Crippen molar-refractivity contribution in [2.75, 3.05) is 0 Å². The largest absolute Gasteiger partial charge is 0.505 e. The minimum Gasteiger partial charge on any atom is -0.505 e. The molecule has 5 nitrogen and oxygen atoms in total. The summed E-state index contributed by atoms with van der Waals surface area (Å²) < 4.78 is 0. The molecule has 0 saturated heterocycles. The van der Waals surface area contributed by atoms with E-state index in [9.17, 15) is 15.0 Å². The first-order valence-corrected chi connectivity index (χ1v) is 10.2. The van der Waals surface area contributed by atoms with Crippen LogP contribution in [0.5, 0.6) is 11.6 Å². The molecule has 140 valence electrons. The highest BCUT2D eigenvalue weighted by atomic mass is 32.2. The third-order valence-corrected chi connectivity index (χ3v) is 6.24. The molecule has 3 N–H and O–H groups in total. The van der Waals surface area contributed by atoms with Gasteiger partial charge in [-0.05, 0) is 50.3 Å². The number of fused-ring (bicyclic) bond motifs is 1. The summed E-state index contributed by atoms with van der Waals surface area (Å²) in [6.07, 6.45) is 8.01. The van der Waals surface area contributed by atoms with Gasteiger partial charge in [0, 0.05) is 27.3 Å². The lowest BCUT2D eigenvalue weighted by atomic mass is 10.0. The predicted molar refractivity (Wildman–Crippen MR) is 103 cm³/mol. The number of carboxylic acid groups (broad SMARTS) is 1. The third kappa shape index (κ3) is 4.61. The molecular weight excluding hydrogens is 350 g/mol. The van der Waals surface area contributed by atoms with Crippen molar-refractivity contribution >= 4 is 28.5 Å². The first-order chi connectivity index (χ1) is 12.5. The average molecular weight is 375 g/mol. The lowest BCUT2D eigenvalue weighted by molar-refractivity contribution is -0.137. The van der Waals surface area contributed by atoms with Crippen molar-refractivity contribution in [3.8, 4) is 11.6 Å². The van der Waals surface area contributed by atoms with E-state index in [0.29, 0.717) is 41.0 Å².